The molecule has 1 aliphatic rings. The highest BCUT2D eigenvalue weighted by Crippen LogP contribution is 2.25. The van der Waals surface area contributed by atoms with Gasteiger partial charge in [-0.1, -0.05) is 0 Å². The summed E-state index contributed by atoms with van der Waals surface area (Å²) in [5.41, 5.74) is 0. The number of rotatable bonds is 2. The standard InChI is InChI=1S/C9H14N2OS/c1-7(5-10)11(2)9(12)8-3-4-13-6-8/h7-8H,3-4,6H2,1-2H3. The first-order valence-electron chi connectivity index (χ1n) is 4.41. The first kappa shape index (κ1) is 10.4. The fourth-order valence-electron chi connectivity index (χ4n) is 1.29. The van der Waals surface area contributed by atoms with Crippen molar-refractivity contribution in [3.63, 3.8) is 0 Å². The fraction of sp³-hybridized carbons (Fsp3) is 0.778. The van der Waals surface area contributed by atoms with Crippen LogP contribution in [0.15, 0.2) is 0 Å². The molecule has 2 atom stereocenters. The van der Waals surface area contributed by atoms with E-state index in [9.17, 15) is 4.79 Å². The predicted molar refractivity (Wildman–Crippen MR) is 53.3 cm³/mol. The molecule has 1 heterocycles. The monoisotopic (exact) mass is 198 g/mol. The fourth-order valence-corrected chi connectivity index (χ4v) is 2.51. The third kappa shape index (κ3) is 2.38. The lowest BCUT2D eigenvalue weighted by Gasteiger charge is -2.22. The molecule has 13 heavy (non-hydrogen) atoms. The third-order valence-corrected chi connectivity index (χ3v) is 3.56. The van der Waals surface area contributed by atoms with E-state index in [1.807, 2.05) is 11.8 Å². The molecule has 0 saturated carbocycles. The van der Waals surface area contributed by atoms with Crippen LogP contribution in [0.25, 0.3) is 0 Å². The van der Waals surface area contributed by atoms with Gasteiger partial charge in [0.15, 0.2) is 0 Å². The molecule has 2 unspecified atom stereocenters. The highest BCUT2D eigenvalue weighted by Gasteiger charge is 2.27. The van der Waals surface area contributed by atoms with Crippen molar-refractivity contribution >= 4 is 17.7 Å². The lowest BCUT2D eigenvalue weighted by Crippen LogP contribution is -2.38. The number of thioether (sulfide) groups is 1. The van der Waals surface area contributed by atoms with Crippen molar-refractivity contribution < 1.29 is 4.79 Å². The summed E-state index contributed by atoms with van der Waals surface area (Å²) >= 11 is 1.82. The van der Waals surface area contributed by atoms with Crippen molar-refractivity contribution in [2.24, 2.45) is 5.92 Å². The second-order valence-corrected chi connectivity index (χ2v) is 4.46. The first-order valence-corrected chi connectivity index (χ1v) is 5.56. The molecule has 1 fully saturated rings. The molecular weight excluding hydrogens is 184 g/mol. The van der Waals surface area contributed by atoms with Gasteiger partial charge in [0.1, 0.15) is 6.04 Å². The Labute approximate surface area is 83.1 Å². The Morgan fingerprint density at radius 2 is 2.46 bits per heavy atom. The molecule has 0 radical (unpaired) electrons. The Kier molecular flexibility index (Phi) is 3.61. The molecule has 1 aliphatic heterocycles. The summed E-state index contributed by atoms with van der Waals surface area (Å²) in [5, 5.41) is 8.65. The van der Waals surface area contributed by atoms with Crippen LogP contribution in [0.2, 0.25) is 0 Å². The van der Waals surface area contributed by atoms with Crippen molar-refractivity contribution in [2.75, 3.05) is 18.6 Å². The molecule has 0 aromatic carbocycles. The number of nitriles is 1. The van der Waals surface area contributed by atoms with Crippen molar-refractivity contribution in [1.82, 2.24) is 4.90 Å². The quantitative estimate of drug-likeness (QED) is 0.667. The van der Waals surface area contributed by atoms with E-state index in [2.05, 4.69) is 6.07 Å². The highest BCUT2D eigenvalue weighted by atomic mass is 32.2. The molecule has 0 bridgehead atoms. The maximum absolute atomic E-state index is 11.7. The van der Waals surface area contributed by atoms with Gasteiger partial charge in [0.05, 0.1) is 6.07 Å². The molecular formula is C9H14N2OS. The molecule has 1 amide bonds. The Hall–Kier alpha value is -0.690. The molecule has 1 saturated heterocycles. The van der Waals surface area contributed by atoms with E-state index in [-0.39, 0.29) is 17.9 Å². The maximum Gasteiger partial charge on any atom is 0.227 e. The second kappa shape index (κ2) is 4.52. The van der Waals surface area contributed by atoms with Gasteiger partial charge in [-0.15, -0.1) is 0 Å². The number of hydrogen-bond donors (Lipinski definition) is 0. The lowest BCUT2D eigenvalue weighted by molar-refractivity contribution is -0.134. The minimum atomic E-state index is -0.307. The van der Waals surface area contributed by atoms with Crippen molar-refractivity contribution in [3.05, 3.63) is 0 Å². The summed E-state index contributed by atoms with van der Waals surface area (Å²) in [6.45, 7) is 1.75. The van der Waals surface area contributed by atoms with Crippen LogP contribution in [-0.2, 0) is 4.79 Å². The smallest absolute Gasteiger partial charge is 0.227 e. The van der Waals surface area contributed by atoms with Gasteiger partial charge in [-0.25, -0.2) is 0 Å². The zero-order valence-electron chi connectivity index (χ0n) is 7.99. The van der Waals surface area contributed by atoms with E-state index in [1.54, 1.807) is 18.9 Å². The van der Waals surface area contributed by atoms with Gasteiger partial charge < -0.3 is 4.90 Å². The summed E-state index contributed by atoms with van der Waals surface area (Å²) in [7, 11) is 1.71. The Morgan fingerprint density at radius 3 is 2.92 bits per heavy atom. The number of amides is 1. The van der Waals surface area contributed by atoms with E-state index < -0.39 is 0 Å². The SMILES string of the molecule is CC(C#N)N(C)C(=O)C1CCSC1. The summed E-state index contributed by atoms with van der Waals surface area (Å²) in [6, 6.07) is 1.76. The summed E-state index contributed by atoms with van der Waals surface area (Å²) < 4.78 is 0. The van der Waals surface area contributed by atoms with Gasteiger partial charge in [0, 0.05) is 18.7 Å². The third-order valence-electron chi connectivity index (χ3n) is 2.39. The van der Waals surface area contributed by atoms with Gasteiger partial charge in [-0.2, -0.15) is 17.0 Å². The normalized spacial score (nSPS) is 23.6. The van der Waals surface area contributed by atoms with Crippen molar-refractivity contribution in [1.29, 1.82) is 5.26 Å². The molecule has 0 N–H and O–H groups in total. The minimum absolute atomic E-state index is 0.124. The maximum atomic E-state index is 11.7. The van der Waals surface area contributed by atoms with E-state index in [0.29, 0.717) is 0 Å². The predicted octanol–water partition coefficient (Wildman–Crippen LogP) is 1.11. The zero-order valence-corrected chi connectivity index (χ0v) is 8.80. The molecule has 4 heteroatoms. The van der Waals surface area contributed by atoms with Gasteiger partial charge >= 0.3 is 0 Å². The van der Waals surface area contributed by atoms with Crippen molar-refractivity contribution in [3.8, 4) is 6.07 Å². The first-order chi connectivity index (χ1) is 6.16. The number of nitrogens with zero attached hydrogens (tertiary/aromatic N) is 2. The lowest BCUT2D eigenvalue weighted by atomic mass is 10.1. The van der Waals surface area contributed by atoms with Gasteiger partial charge in [0.2, 0.25) is 5.91 Å². The topological polar surface area (TPSA) is 44.1 Å². The van der Waals surface area contributed by atoms with E-state index in [0.717, 1.165) is 17.9 Å². The summed E-state index contributed by atoms with van der Waals surface area (Å²) in [6.07, 6.45) is 0.964. The number of carbonyl (C=O) groups is 1. The largest absolute Gasteiger partial charge is 0.330 e. The van der Waals surface area contributed by atoms with Crippen LogP contribution in [0, 0.1) is 17.2 Å². The Bertz CT molecular complexity index is 230. The molecule has 0 spiro atoms. The number of hydrogen-bond acceptors (Lipinski definition) is 3. The van der Waals surface area contributed by atoms with Crippen LogP contribution >= 0.6 is 11.8 Å². The van der Waals surface area contributed by atoms with Gasteiger partial charge in [-0.05, 0) is 19.1 Å². The van der Waals surface area contributed by atoms with Crippen LogP contribution < -0.4 is 0 Å². The summed E-state index contributed by atoms with van der Waals surface area (Å²) in [5.74, 6) is 2.26. The molecule has 1 rings (SSSR count). The number of carbonyl (C=O) groups excluding carboxylic acids is 1. The van der Waals surface area contributed by atoms with Crippen LogP contribution in [-0.4, -0.2) is 35.4 Å². The van der Waals surface area contributed by atoms with Crippen LogP contribution in [0.1, 0.15) is 13.3 Å². The highest BCUT2D eigenvalue weighted by molar-refractivity contribution is 7.99. The molecule has 0 aliphatic carbocycles. The molecule has 0 aromatic heterocycles. The van der Waals surface area contributed by atoms with Gasteiger partial charge in [0.25, 0.3) is 0 Å². The van der Waals surface area contributed by atoms with E-state index in [1.165, 1.54) is 0 Å². The van der Waals surface area contributed by atoms with E-state index >= 15 is 0 Å². The van der Waals surface area contributed by atoms with Crippen LogP contribution in [0.4, 0.5) is 0 Å². The van der Waals surface area contributed by atoms with Gasteiger partial charge in [-0.3, -0.25) is 4.79 Å². The minimum Gasteiger partial charge on any atom is -0.330 e. The molecule has 0 aromatic rings. The molecule has 72 valence electrons. The molecule has 3 nitrogen and oxygen atoms in total. The van der Waals surface area contributed by atoms with Crippen LogP contribution in [0.3, 0.4) is 0 Å². The second-order valence-electron chi connectivity index (χ2n) is 3.31. The summed E-state index contributed by atoms with van der Waals surface area (Å²) in [4.78, 5) is 13.3. The zero-order chi connectivity index (χ0) is 9.84. The average Bonchev–Trinajstić information content (AvgIpc) is 2.67. The van der Waals surface area contributed by atoms with E-state index in [4.69, 9.17) is 5.26 Å². The Balaban J connectivity index is 2.51. The average molecular weight is 198 g/mol. The Morgan fingerprint density at radius 1 is 1.77 bits per heavy atom. The van der Waals surface area contributed by atoms with Crippen molar-refractivity contribution in [2.45, 2.75) is 19.4 Å². The van der Waals surface area contributed by atoms with Crippen LogP contribution in [0.5, 0.6) is 0 Å².